The minimum Gasteiger partial charge on any atom is -0.465 e. The minimum absolute atomic E-state index is 0.211. The number of ether oxygens (including phenoxy) is 2. The fraction of sp³-hybridized carbons (Fsp3) is 0.938. The molecule has 1 rings (SSSR count). The third kappa shape index (κ3) is 5.80. The van der Waals surface area contributed by atoms with E-state index in [0.717, 1.165) is 6.61 Å². The number of hydrogen-bond donors (Lipinski definition) is 1. The number of nitrogens with one attached hydrogen (secondary N) is 1. The van der Waals surface area contributed by atoms with E-state index in [9.17, 15) is 4.79 Å². The van der Waals surface area contributed by atoms with Crippen molar-refractivity contribution in [2.45, 2.75) is 71.4 Å². The van der Waals surface area contributed by atoms with E-state index < -0.39 is 5.54 Å². The summed E-state index contributed by atoms with van der Waals surface area (Å²) in [6, 6.07) is 0.211. The van der Waals surface area contributed by atoms with Gasteiger partial charge in [0.15, 0.2) is 0 Å². The Kier molecular flexibility index (Phi) is 7.52. The summed E-state index contributed by atoms with van der Waals surface area (Å²) in [6.45, 7) is 9.28. The predicted octanol–water partition coefficient (Wildman–Crippen LogP) is 2.90. The zero-order valence-electron chi connectivity index (χ0n) is 13.5. The molecule has 0 heterocycles. The maximum atomic E-state index is 12.1. The molecule has 1 atom stereocenters. The van der Waals surface area contributed by atoms with E-state index in [1.165, 1.54) is 32.1 Å². The van der Waals surface area contributed by atoms with Crippen LogP contribution in [0.3, 0.4) is 0 Å². The van der Waals surface area contributed by atoms with Crippen LogP contribution in [0.5, 0.6) is 0 Å². The predicted molar refractivity (Wildman–Crippen MR) is 80.7 cm³/mol. The lowest BCUT2D eigenvalue weighted by molar-refractivity contribution is -0.154. The molecular weight excluding hydrogens is 254 g/mol. The molecule has 0 aromatic rings. The Morgan fingerprint density at radius 2 is 1.95 bits per heavy atom. The highest BCUT2D eigenvalue weighted by Gasteiger charge is 2.35. The molecule has 118 valence electrons. The average Bonchev–Trinajstić information content (AvgIpc) is 2.39. The van der Waals surface area contributed by atoms with E-state index in [-0.39, 0.29) is 12.0 Å². The lowest BCUT2D eigenvalue weighted by Crippen LogP contribution is -2.56. The van der Waals surface area contributed by atoms with Crippen molar-refractivity contribution in [1.29, 1.82) is 0 Å². The molecule has 1 aliphatic rings. The van der Waals surface area contributed by atoms with Crippen molar-refractivity contribution in [1.82, 2.24) is 5.32 Å². The molecule has 1 N–H and O–H groups in total. The quantitative estimate of drug-likeness (QED) is 0.697. The second-order valence-electron chi connectivity index (χ2n) is 6.37. The van der Waals surface area contributed by atoms with Crippen molar-refractivity contribution in [2.75, 3.05) is 19.8 Å². The number of esters is 1. The van der Waals surface area contributed by atoms with E-state index in [1.807, 2.05) is 27.7 Å². The lowest BCUT2D eigenvalue weighted by atomic mass is 9.90. The molecule has 20 heavy (non-hydrogen) atoms. The Hall–Kier alpha value is -0.610. The Balaban J connectivity index is 2.44. The van der Waals surface area contributed by atoms with Crippen LogP contribution < -0.4 is 5.32 Å². The van der Waals surface area contributed by atoms with Crippen molar-refractivity contribution >= 4 is 5.97 Å². The zero-order valence-corrected chi connectivity index (χ0v) is 13.5. The number of rotatable bonds is 8. The molecule has 1 aliphatic carbocycles. The molecule has 1 unspecified atom stereocenters. The molecule has 1 fully saturated rings. The molecule has 1 saturated carbocycles. The Bertz CT molecular complexity index is 287. The van der Waals surface area contributed by atoms with Gasteiger partial charge in [0.05, 0.1) is 13.2 Å². The number of carbonyl (C=O) groups is 1. The molecule has 0 aliphatic heterocycles. The molecule has 0 spiro atoms. The Labute approximate surface area is 123 Å². The summed E-state index contributed by atoms with van der Waals surface area (Å²) in [7, 11) is 0. The summed E-state index contributed by atoms with van der Waals surface area (Å²) in [5.74, 6) is 0.437. The van der Waals surface area contributed by atoms with Crippen molar-refractivity contribution in [2.24, 2.45) is 5.92 Å². The van der Waals surface area contributed by atoms with Crippen LogP contribution in [-0.4, -0.2) is 37.4 Å². The normalized spacial score (nSPS) is 19.9. The van der Waals surface area contributed by atoms with Crippen molar-refractivity contribution in [3.05, 3.63) is 0 Å². The summed E-state index contributed by atoms with van der Waals surface area (Å²) >= 11 is 0. The van der Waals surface area contributed by atoms with E-state index >= 15 is 0 Å². The van der Waals surface area contributed by atoms with Gasteiger partial charge in [-0.1, -0.05) is 19.3 Å². The second-order valence-corrected chi connectivity index (χ2v) is 6.37. The maximum absolute atomic E-state index is 12.1. The SMILES string of the molecule is CCOC(=O)C(C)(COCC1CCCCC1)NC(C)C. The van der Waals surface area contributed by atoms with Gasteiger partial charge >= 0.3 is 5.97 Å². The maximum Gasteiger partial charge on any atom is 0.328 e. The molecule has 4 heteroatoms. The highest BCUT2D eigenvalue weighted by molar-refractivity contribution is 5.80. The van der Waals surface area contributed by atoms with Gasteiger partial charge in [0.25, 0.3) is 0 Å². The third-order valence-corrected chi connectivity index (χ3v) is 3.80. The summed E-state index contributed by atoms with van der Waals surface area (Å²) in [6.07, 6.45) is 6.49. The number of hydrogen-bond acceptors (Lipinski definition) is 4. The first-order chi connectivity index (χ1) is 9.48. The topological polar surface area (TPSA) is 47.6 Å². The Morgan fingerprint density at radius 1 is 1.30 bits per heavy atom. The molecular formula is C16H31NO3. The third-order valence-electron chi connectivity index (χ3n) is 3.80. The van der Waals surface area contributed by atoms with Gasteiger partial charge in [-0.05, 0) is 46.5 Å². The van der Waals surface area contributed by atoms with Crippen molar-refractivity contribution < 1.29 is 14.3 Å². The molecule has 0 aromatic heterocycles. The monoisotopic (exact) mass is 285 g/mol. The first kappa shape index (κ1) is 17.4. The summed E-state index contributed by atoms with van der Waals surface area (Å²) in [5.41, 5.74) is -0.751. The number of carbonyl (C=O) groups excluding carboxylic acids is 1. The molecule has 0 amide bonds. The average molecular weight is 285 g/mol. The van der Waals surface area contributed by atoms with Gasteiger partial charge in [-0.3, -0.25) is 5.32 Å². The van der Waals surface area contributed by atoms with Crippen LogP contribution in [0.4, 0.5) is 0 Å². The van der Waals surface area contributed by atoms with Crippen LogP contribution in [0.15, 0.2) is 0 Å². The highest BCUT2D eigenvalue weighted by Crippen LogP contribution is 2.24. The minimum atomic E-state index is -0.751. The summed E-state index contributed by atoms with van der Waals surface area (Å²) in [5, 5.41) is 3.28. The van der Waals surface area contributed by atoms with E-state index in [4.69, 9.17) is 9.47 Å². The standard InChI is InChI=1S/C16H31NO3/c1-5-20-15(18)16(4,17-13(2)3)12-19-11-14-9-7-6-8-10-14/h13-14,17H,5-12H2,1-4H3. The van der Waals surface area contributed by atoms with Gasteiger partial charge in [0.2, 0.25) is 0 Å². The van der Waals surface area contributed by atoms with E-state index in [1.54, 1.807) is 0 Å². The van der Waals surface area contributed by atoms with Gasteiger partial charge in [0.1, 0.15) is 5.54 Å². The molecule has 0 radical (unpaired) electrons. The lowest BCUT2D eigenvalue weighted by Gasteiger charge is -2.31. The first-order valence-electron chi connectivity index (χ1n) is 8.00. The van der Waals surface area contributed by atoms with Crippen LogP contribution in [0, 0.1) is 5.92 Å². The zero-order chi connectivity index (χ0) is 15.0. The van der Waals surface area contributed by atoms with Gasteiger partial charge in [-0.2, -0.15) is 0 Å². The van der Waals surface area contributed by atoms with Crippen molar-refractivity contribution in [3.63, 3.8) is 0 Å². The highest BCUT2D eigenvalue weighted by atomic mass is 16.5. The molecule has 0 saturated heterocycles. The van der Waals surface area contributed by atoms with Gasteiger partial charge in [-0.15, -0.1) is 0 Å². The van der Waals surface area contributed by atoms with Crippen LogP contribution in [-0.2, 0) is 14.3 Å². The van der Waals surface area contributed by atoms with Gasteiger partial charge in [-0.25, -0.2) is 4.79 Å². The second kappa shape index (κ2) is 8.63. The van der Waals surface area contributed by atoms with Crippen molar-refractivity contribution in [3.8, 4) is 0 Å². The first-order valence-corrected chi connectivity index (χ1v) is 8.00. The molecule has 0 aromatic carbocycles. The van der Waals surface area contributed by atoms with Crippen LogP contribution >= 0.6 is 0 Å². The van der Waals surface area contributed by atoms with Crippen LogP contribution in [0.1, 0.15) is 59.8 Å². The van der Waals surface area contributed by atoms with Crippen LogP contribution in [0.25, 0.3) is 0 Å². The van der Waals surface area contributed by atoms with E-state index in [2.05, 4.69) is 5.32 Å². The molecule has 4 nitrogen and oxygen atoms in total. The van der Waals surface area contributed by atoms with Crippen LogP contribution in [0.2, 0.25) is 0 Å². The smallest absolute Gasteiger partial charge is 0.328 e. The largest absolute Gasteiger partial charge is 0.465 e. The fourth-order valence-electron chi connectivity index (χ4n) is 2.87. The summed E-state index contributed by atoms with van der Waals surface area (Å²) < 4.78 is 11.0. The fourth-order valence-corrected chi connectivity index (χ4v) is 2.87. The molecule has 0 bridgehead atoms. The van der Waals surface area contributed by atoms with Gasteiger partial charge < -0.3 is 9.47 Å². The Morgan fingerprint density at radius 3 is 2.50 bits per heavy atom. The van der Waals surface area contributed by atoms with E-state index in [0.29, 0.717) is 19.1 Å². The summed E-state index contributed by atoms with van der Waals surface area (Å²) in [4.78, 5) is 12.1. The van der Waals surface area contributed by atoms with Gasteiger partial charge in [0, 0.05) is 12.6 Å².